The zero-order chi connectivity index (χ0) is 15.5. The summed E-state index contributed by atoms with van der Waals surface area (Å²) in [5, 5.41) is 3.00. The van der Waals surface area contributed by atoms with Gasteiger partial charge in [-0.2, -0.15) is 0 Å². The Labute approximate surface area is 141 Å². The van der Waals surface area contributed by atoms with E-state index in [9.17, 15) is 0 Å². The normalized spacial score (nSPS) is 10.5. The summed E-state index contributed by atoms with van der Waals surface area (Å²) >= 11 is 5.11. The molecule has 0 fully saturated rings. The van der Waals surface area contributed by atoms with Crippen LogP contribution in [0, 0.1) is 0 Å². The molecule has 0 aliphatic carbocycles. The summed E-state index contributed by atoms with van der Waals surface area (Å²) in [6, 6.07) is 13.9. The number of hydrogen-bond donors (Lipinski definition) is 0. The first-order chi connectivity index (χ1) is 10.7. The highest BCUT2D eigenvalue weighted by atomic mass is 79.9. The van der Waals surface area contributed by atoms with Gasteiger partial charge in [0.2, 0.25) is 0 Å². The molecule has 3 rings (SSSR count). The average molecular weight is 376 g/mol. The van der Waals surface area contributed by atoms with Gasteiger partial charge in [0.1, 0.15) is 16.5 Å². The average Bonchev–Trinajstić information content (AvgIpc) is 3.04. The quantitative estimate of drug-likeness (QED) is 0.623. The van der Waals surface area contributed by atoms with E-state index < -0.39 is 0 Å². The van der Waals surface area contributed by atoms with E-state index in [1.807, 2.05) is 42.5 Å². The predicted molar refractivity (Wildman–Crippen MR) is 93.8 cm³/mol. The second-order valence-corrected chi connectivity index (χ2v) is 6.30. The van der Waals surface area contributed by atoms with Crippen LogP contribution in [0.1, 0.15) is 0 Å². The molecule has 0 bridgehead atoms. The number of aromatic nitrogens is 1. The van der Waals surface area contributed by atoms with Gasteiger partial charge < -0.3 is 9.47 Å². The summed E-state index contributed by atoms with van der Waals surface area (Å²) in [6.07, 6.45) is 0. The van der Waals surface area contributed by atoms with Crippen molar-refractivity contribution >= 4 is 27.3 Å². The summed E-state index contributed by atoms with van der Waals surface area (Å²) in [5.41, 5.74) is 2.99. The van der Waals surface area contributed by atoms with Crippen molar-refractivity contribution in [3.63, 3.8) is 0 Å². The summed E-state index contributed by atoms with van der Waals surface area (Å²) in [5.74, 6) is 1.64. The molecule has 0 unspecified atom stereocenters. The van der Waals surface area contributed by atoms with E-state index >= 15 is 0 Å². The van der Waals surface area contributed by atoms with Crippen LogP contribution in [0.15, 0.2) is 52.3 Å². The van der Waals surface area contributed by atoms with Crippen molar-refractivity contribution in [3.05, 3.63) is 52.3 Å². The van der Waals surface area contributed by atoms with Crippen LogP contribution in [0.5, 0.6) is 11.5 Å². The van der Waals surface area contributed by atoms with Gasteiger partial charge in [-0.05, 0) is 46.3 Å². The van der Waals surface area contributed by atoms with Gasteiger partial charge in [0.05, 0.1) is 29.9 Å². The van der Waals surface area contributed by atoms with Crippen LogP contribution >= 0.6 is 27.3 Å². The number of benzene rings is 2. The van der Waals surface area contributed by atoms with Gasteiger partial charge in [0.15, 0.2) is 0 Å². The maximum absolute atomic E-state index is 5.41. The van der Waals surface area contributed by atoms with Crippen LogP contribution in [0.4, 0.5) is 0 Å². The molecule has 2 aromatic carbocycles. The third-order valence-corrected chi connectivity index (χ3v) is 4.78. The summed E-state index contributed by atoms with van der Waals surface area (Å²) in [7, 11) is 3.33. The highest BCUT2D eigenvalue weighted by Crippen LogP contribution is 2.36. The molecule has 0 atom stereocenters. The fourth-order valence-electron chi connectivity index (χ4n) is 2.18. The molecule has 0 aliphatic rings. The van der Waals surface area contributed by atoms with E-state index in [-0.39, 0.29) is 0 Å². The van der Waals surface area contributed by atoms with Crippen molar-refractivity contribution in [3.8, 4) is 33.3 Å². The molecule has 0 radical (unpaired) electrons. The Morgan fingerprint density at radius 1 is 1.00 bits per heavy atom. The Balaban J connectivity index is 1.99. The molecule has 5 heteroatoms. The number of ether oxygens (including phenoxy) is 2. The Morgan fingerprint density at radius 3 is 2.50 bits per heavy atom. The van der Waals surface area contributed by atoms with Crippen LogP contribution in [-0.2, 0) is 0 Å². The molecule has 0 N–H and O–H groups in total. The van der Waals surface area contributed by atoms with Gasteiger partial charge in [-0.25, -0.2) is 4.98 Å². The zero-order valence-corrected chi connectivity index (χ0v) is 14.6. The first-order valence-corrected chi connectivity index (χ1v) is 8.33. The van der Waals surface area contributed by atoms with Gasteiger partial charge in [0.25, 0.3) is 0 Å². The number of para-hydroxylation sites is 1. The molecule has 0 spiro atoms. The highest BCUT2D eigenvalue weighted by molar-refractivity contribution is 9.10. The molecule has 1 aromatic heterocycles. The van der Waals surface area contributed by atoms with Gasteiger partial charge >= 0.3 is 0 Å². The fraction of sp³-hybridized carbons (Fsp3) is 0.118. The third-order valence-electron chi connectivity index (χ3n) is 3.29. The third kappa shape index (κ3) is 2.87. The second kappa shape index (κ2) is 6.50. The number of rotatable bonds is 4. The largest absolute Gasteiger partial charge is 0.496 e. The molecule has 0 saturated heterocycles. The molecular weight excluding hydrogens is 362 g/mol. The molecule has 3 nitrogen and oxygen atoms in total. The van der Waals surface area contributed by atoms with Gasteiger partial charge in [-0.1, -0.05) is 12.1 Å². The highest BCUT2D eigenvalue weighted by Gasteiger charge is 2.11. The number of nitrogens with zero attached hydrogens (tertiary/aromatic N) is 1. The topological polar surface area (TPSA) is 31.4 Å². The lowest BCUT2D eigenvalue weighted by atomic mass is 10.1. The van der Waals surface area contributed by atoms with Crippen LogP contribution in [0.25, 0.3) is 21.8 Å². The lowest BCUT2D eigenvalue weighted by molar-refractivity contribution is 0.412. The molecule has 112 valence electrons. The fourth-order valence-corrected chi connectivity index (χ4v) is 3.58. The number of hydrogen-bond acceptors (Lipinski definition) is 4. The minimum Gasteiger partial charge on any atom is -0.496 e. The lowest BCUT2D eigenvalue weighted by Gasteiger charge is -2.05. The Kier molecular flexibility index (Phi) is 4.45. The number of thiazole rings is 1. The van der Waals surface area contributed by atoms with Crippen molar-refractivity contribution < 1.29 is 9.47 Å². The van der Waals surface area contributed by atoms with E-state index in [1.54, 1.807) is 25.6 Å². The van der Waals surface area contributed by atoms with Crippen LogP contribution in [0.3, 0.4) is 0 Å². The number of methoxy groups -OCH3 is 2. The maximum Gasteiger partial charge on any atom is 0.133 e. The van der Waals surface area contributed by atoms with E-state index in [0.29, 0.717) is 0 Å². The molecular formula is C17H14BrNO2S. The van der Waals surface area contributed by atoms with Crippen molar-refractivity contribution in [1.29, 1.82) is 0 Å². The monoisotopic (exact) mass is 375 g/mol. The zero-order valence-electron chi connectivity index (χ0n) is 12.2. The molecule has 1 heterocycles. The van der Waals surface area contributed by atoms with Crippen LogP contribution < -0.4 is 9.47 Å². The van der Waals surface area contributed by atoms with E-state index in [2.05, 4.69) is 21.3 Å². The van der Waals surface area contributed by atoms with Crippen LogP contribution in [0.2, 0.25) is 0 Å². The first-order valence-electron chi connectivity index (χ1n) is 6.65. The summed E-state index contributed by atoms with van der Waals surface area (Å²) < 4.78 is 11.6. The lowest BCUT2D eigenvalue weighted by Crippen LogP contribution is -1.87. The van der Waals surface area contributed by atoms with Gasteiger partial charge in [0, 0.05) is 10.9 Å². The number of halogens is 1. The van der Waals surface area contributed by atoms with Crippen molar-refractivity contribution in [2.24, 2.45) is 0 Å². The minimum atomic E-state index is 0.809. The molecule has 0 saturated carbocycles. The predicted octanol–water partition coefficient (Wildman–Crippen LogP) is 5.26. The summed E-state index contributed by atoms with van der Waals surface area (Å²) in [4.78, 5) is 4.73. The van der Waals surface area contributed by atoms with Crippen molar-refractivity contribution in [2.75, 3.05) is 14.2 Å². The summed E-state index contributed by atoms with van der Waals surface area (Å²) in [6.45, 7) is 0. The van der Waals surface area contributed by atoms with Crippen molar-refractivity contribution in [1.82, 2.24) is 4.98 Å². The van der Waals surface area contributed by atoms with Crippen LogP contribution in [-0.4, -0.2) is 19.2 Å². The standard InChI is InChI=1S/C17H14BrNO2S/c1-20-15-6-4-3-5-12(15)17-19-14(10-22-17)11-7-8-16(21-2)13(18)9-11/h3-10H,1-2H3. The Bertz CT molecular complexity index is 801. The second-order valence-electron chi connectivity index (χ2n) is 4.59. The Hall–Kier alpha value is -1.85. The van der Waals surface area contributed by atoms with Gasteiger partial charge in [-0.15, -0.1) is 11.3 Å². The molecule has 0 aliphatic heterocycles. The SMILES string of the molecule is COc1ccc(-c2csc(-c3ccccc3OC)n2)cc1Br. The minimum absolute atomic E-state index is 0.809. The van der Waals surface area contributed by atoms with E-state index in [1.165, 1.54) is 0 Å². The Morgan fingerprint density at radius 2 is 1.77 bits per heavy atom. The van der Waals surface area contributed by atoms with Crippen molar-refractivity contribution in [2.45, 2.75) is 0 Å². The maximum atomic E-state index is 5.41. The van der Waals surface area contributed by atoms with Gasteiger partial charge in [-0.3, -0.25) is 0 Å². The van der Waals surface area contributed by atoms with E-state index in [0.717, 1.165) is 37.8 Å². The van der Waals surface area contributed by atoms with E-state index in [4.69, 9.17) is 14.5 Å². The molecule has 3 aromatic rings. The molecule has 0 amide bonds. The molecule has 22 heavy (non-hydrogen) atoms. The first kappa shape index (κ1) is 15.1. The smallest absolute Gasteiger partial charge is 0.133 e.